The van der Waals surface area contributed by atoms with Crippen LogP contribution in [0.1, 0.15) is 26.3 Å². The molecule has 0 atom stereocenters. The van der Waals surface area contributed by atoms with Gasteiger partial charge in [-0.3, -0.25) is 9.63 Å². The van der Waals surface area contributed by atoms with Gasteiger partial charge in [0.15, 0.2) is 0 Å². The molecule has 0 aliphatic carbocycles. The number of carbonyl (C=O) groups excluding carboxylic acids is 1. The zero-order valence-electron chi connectivity index (χ0n) is 9.71. The lowest BCUT2D eigenvalue weighted by Crippen LogP contribution is -2.34. The van der Waals surface area contributed by atoms with Crippen LogP contribution in [0, 0.1) is 5.41 Å². The Bertz CT molecular complexity index is 372. The van der Waals surface area contributed by atoms with Gasteiger partial charge in [-0.05, 0) is 17.7 Å². The summed E-state index contributed by atoms with van der Waals surface area (Å²) in [6.07, 6.45) is 0. The molecule has 0 unspecified atom stereocenters. The van der Waals surface area contributed by atoms with Gasteiger partial charge in [-0.15, -0.1) is 0 Å². The molecule has 1 rings (SSSR count). The first-order chi connectivity index (χ1) is 7.39. The predicted octanol–water partition coefficient (Wildman–Crippen LogP) is 2.93. The van der Waals surface area contributed by atoms with E-state index in [1.807, 2.05) is 32.9 Å². The van der Waals surface area contributed by atoms with Crippen LogP contribution >= 0.6 is 11.6 Å². The van der Waals surface area contributed by atoms with Crippen molar-refractivity contribution >= 4 is 17.5 Å². The van der Waals surface area contributed by atoms with Gasteiger partial charge in [0.05, 0.1) is 6.61 Å². The summed E-state index contributed by atoms with van der Waals surface area (Å²) >= 11 is 5.82. The number of benzene rings is 1. The number of halogens is 1. The topological polar surface area (TPSA) is 38.3 Å². The Morgan fingerprint density at radius 2 is 2.12 bits per heavy atom. The first-order valence-electron chi connectivity index (χ1n) is 5.06. The Balaban J connectivity index is 2.39. The normalized spacial score (nSPS) is 11.2. The molecule has 1 amide bonds. The van der Waals surface area contributed by atoms with Gasteiger partial charge in [-0.1, -0.05) is 44.5 Å². The van der Waals surface area contributed by atoms with Crippen LogP contribution < -0.4 is 5.48 Å². The molecular formula is C12H16ClNO2. The van der Waals surface area contributed by atoms with Gasteiger partial charge < -0.3 is 0 Å². The van der Waals surface area contributed by atoms with Crippen molar-refractivity contribution in [1.82, 2.24) is 5.48 Å². The van der Waals surface area contributed by atoms with E-state index in [4.69, 9.17) is 16.4 Å². The van der Waals surface area contributed by atoms with E-state index in [-0.39, 0.29) is 5.91 Å². The largest absolute Gasteiger partial charge is 0.272 e. The fourth-order valence-corrected chi connectivity index (χ4v) is 1.18. The second-order valence-electron chi connectivity index (χ2n) is 4.60. The van der Waals surface area contributed by atoms with Gasteiger partial charge in [-0.2, -0.15) is 0 Å². The molecule has 0 bridgehead atoms. The van der Waals surface area contributed by atoms with Crippen LogP contribution in [0.4, 0.5) is 0 Å². The molecule has 16 heavy (non-hydrogen) atoms. The predicted molar refractivity (Wildman–Crippen MR) is 63.8 cm³/mol. The quantitative estimate of drug-likeness (QED) is 0.827. The Kier molecular flexibility index (Phi) is 4.33. The van der Waals surface area contributed by atoms with Crippen LogP contribution in [0.3, 0.4) is 0 Å². The number of rotatable bonds is 3. The maximum Gasteiger partial charge on any atom is 0.248 e. The molecule has 1 N–H and O–H groups in total. The maximum atomic E-state index is 11.5. The molecule has 3 nitrogen and oxygen atoms in total. The fourth-order valence-electron chi connectivity index (χ4n) is 0.965. The molecule has 0 aliphatic rings. The molecular weight excluding hydrogens is 226 g/mol. The fraction of sp³-hybridized carbons (Fsp3) is 0.417. The smallest absolute Gasteiger partial charge is 0.248 e. The molecule has 88 valence electrons. The maximum absolute atomic E-state index is 11.5. The van der Waals surface area contributed by atoms with Crippen LogP contribution in [0.25, 0.3) is 0 Å². The lowest BCUT2D eigenvalue weighted by Gasteiger charge is -2.17. The Hall–Kier alpha value is -1.06. The zero-order chi connectivity index (χ0) is 12.2. The van der Waals surface area contributed by atoms with E-state index in [0.717, 1.165) is 5.56 Å². The number of amides is 1. The summed E-state index contributed by atoms with van der Waals surface area (Å²) in [7, 11) is 0. The van der Waals surface area contributed by atoms with Crippen molar-refractivity contribution in [3.8, 4) is 0 Å². The van der Waals surface area contributed by atoms with E-state index in [0.29, 0.717) is 11.6 Å². The van der Waals surface area contributed by atoms with Crippen molar-refractivity contribution in [3.05, 3.63) is 34.9 Å². The van der Waals surface area contributed by atoms with Crippen LogP contribution in [-0.2, 0) is 16.2 Å². The van der Waals surface area contributed by atoms with Crippen LogP contribution in [0.15, 0.2) is 24.3 Å². The minimum absolute atomic E-state index is 0.144. The third-order valence-electron chi connectivity index (χ3n) is 1.97. The van der Waals surface area contributed by atoms with Gasteiger partial charge >= 0.3 is 0 Å². The minimum atomic E-state index is -0.450. The van der Waals surface area contributed by atoms with Crippen LogP contribution in [0.2, 0.25) is 5.02 Å². The summed E-state index contributed by atoms with van der Waals surface area (Å²) in [4.78, 5) is 16.6. The van der Waals surface area contributed by atoms with Gasteiger partial charge in [0, 0.05) is 10.4 Å². The zero-order valence-corrected chi connectivity index (χ0v) is 10.5. The third kappa shape index (κ3) is 4.21. The number of nitrogens with one attached hydrogen (secondary N) is 1. The second-order valence-corrected chi connectivity index (χ2v) is 5.04. The number of carbonyl (C=O) groups is 1. The van der Waals surface area contributed by atoms with Crippen molar-refractivity contribution in [2.75, 3.05) is 0 Å². The summed E-state index contributed by atoms with van der Waals surface area (Å²) in [6.45, 7) is 5.78. The van der Waals surface area contributed by atoms with Crippen molar-refractivity contribution in [2.24, 2.45) is 5.41 Å². The minimum Gasteiger partial charge on any atom is -0.272 e. The van der Waals surface area contributed by atoms with Gasteiger partial charge in [-0.25, -0.2) is 5.48 Å². The molecule has 0 heterocycles. The van der Waals surface area contributed by atoms with Crippen molar-refractivity contribution in [2.45, 2.75) is 27.4 Å². The summed E-state index contributed by atoms with van der Waals surface area (Å²) < 4.78 is 0. The van der Waals surface area contributed by atoms with E-state index in [1.54, 1.807) is 12.1 Å². The molecule has 1 aromatic rings. The number of hydroxylamine groups is 1. The number of hydrogen-bond acceptors (Lipinski definition) is 2. The Labute approximate surface area is 101 Å². The number of hydrogen-bond donors (Lipinski definition) is 1. The molecule has 0 aromatic heterocycles. The molecule has 0 radical (unpaired) electrons. The van der Waals surface area contributed by atoms with Crippen molar-refractivity contribution in [3.63, 3.8) is 0 Å². The highest BCUT2D eigenvalue weighted by Gasteiger charge is 2.20. The summed E-state index contributed by atoms with van der Waals surface area (Å²) in [5.74, 6) is -0.144. The molecule has 0 saturated carbocycles. The van der Waals surface area contributed by atoms with E-state index in [1.165, 1.54) is 0 Å². The standard InChI is InChI=1S/C12H16ClNO2/c1-12(2,3)11(15)14-16-8-9-5-4-6-10(13)7-9/h4-7H,8H2,1-3H3,(H,14,15). The van der Waals surface area contributed by atoms with E-state index >= 15 is 0 Å². The van der Waals surface area contributed by atoms with E-state index in [2.05, 4.69) is 5.48 Å². The monoisotopic (exact) mass is 241 g/mol. The van der Waals surface area contributed by atoms with Gasteiger partial charge in [0.25, 0.3) is 0 Å². The van der Waals surface area contributed by atoms with E-state index < -0.39 is 5.41 Å². The summed E-state index contributed by atoms with van der Waals surface area (Å²) in [5, 5.41) is 0.656. The molecule has 0 spiro atoms. The average molecular weight is 242 g/mol. The molecule has 0 saturated heterocycles. The molecule has 1 aromatic carbocycles. The van der Waals surface area contributed by atoms with Crippen LogP contribution in [0.5, 0.6) is 0 Å². The first-order valence-corrected chi connectivity index (χ1v) is 5.44. The Morgan fingerprint density at radius 1 is 1.44 bits per heavy atom. The second kappa shape index (κ2) is 5.32. The first kappa shape index (κ1) is 13.0. The summed E-state index contributed by atoms with van der Waals surface area (Å²) in [5.41, 5.74) is 2.88. The highest BCUT2D eigenvalue weighted by molar-refractivity contribution is 6.30. The third-order valence-corrected chi connectivity index (χ3v) is 2.21. The van der Waals surface area contributed by atoms with Crippen molar-refractivity contribution in [1.29, 1.82) is 0 Å². The van der Waals surface area contributed by atoms with Gasteiger partial charge in [0.2, 0.25) is 5.91 Å². The van der Waals surface area contributed by atoms with Gasteiger partial charge in [0.1, 0.15) is 0 Å². The molecule has 0 aliphatic heterocycles. The SMILES string of the molecule is CC(C)(C)C(=O)NOCc1cccc(Cl)c1. The lowest BCUT2D eigenvalue weighted by atomic mass is 9.96. The highest BCUT2D eigenvalue weighted by atomic mass is 35.5. The van der Waals surface area contributed by atoms with Crippen LogP contribution in [-0.4, -0.2) is 5.91 Å². The highest BCUT2D eigenvalue weighted by Crippen LogP contribution is 2.13. The summed E-state index contributed by atoms with van der Waals surface area (Å²) in [6, 6.07) is 7.31. The van der Waals surface area contributed by atoms with E-state index in [9.17, 15) is 4.79 Å². The molecule has 4 heteroatoms. The van der Waals surface area contributed by atoms with Crippen molar-refractivity contribution < 1.29 is 9.63 Å². The molecule has 0 fully saturated rings. The average Bonchev–Trinajstić information content (AvgIpc) is 2.16. The lowest BCUT2D eigenvalue weighted by molar-refractivity contribution is -0.142. The Morgan fingerprint density at radius 3 is 2.69 bits per heavy atom.